The van der Waals surface area contributed by atoms with Gasteiger partial charge in [-0.1, -0.05) is 147 Å². The molecule has 4 nitrogen and oxygen atoms in total. The summed E-state index contributed by atoms with van der Waals surface area (Å²) >= 11 is 5.95. The minimum Gasteiger partial charge on any atom is -0.462 e. The summed E-state index contributed by atoms with van der Waals surface area (Å²) in [6.45, 7) is 4.55. The lowest BCUT2D eigenvalue weighted by molar-refractivity contribution is -0.157. The second kappa shape index (κ2) is 34.2. The molecule has 0 amide bonds. The Labute approximate surface area is 265 Å². The van der Waals surface area contributed by atoms with Crippen LogP contribution in [-0.4, -0.2) is 30.5 Å². The Hall–Kier alpha value is -1.29. The number of ether oxygens (including phenoxy) is 2. The summed E-state index contributed by atoms with van der Waals surface area (Å²) in [5.41, 5.74) is 0. The van der Waals surface area contributed by atoms with Gasteiger partial charge in [-0.3, -0.25) is 9.59 Å². The van der Waals surface area contributed by atoms with Crippen LogP contribution in [0.2, 0.25) is 0 Å². The van der Waals surface area contributed by atoms with Gasteiger partial charge in [0.25, 0.3) is 0 Å². The summed E-state index contributed by atoms with van der Waals surface area (Å²) in [7, 11) is 0. The largest absolute Gasteiger partial charge is 0.462 e. The zero-order valence-corrected chi connectivity index (χ0v) is 28.5. The highest BCUT2D eigenvalue weighted by molar-refractivity contribution is 6.18. The van der Waals surface area contributed by atoms with Gasteiger partial charge in [0.15, 0.2) is 0 Å². The van der Waals surface area contributed by atoms with Crippen molar-refractivity contribution in [2.75, 3.05) is 12.5 Å². The van der Waals surface area contributed by atoms with Crippen LogP contribution >= 0.6 is 11.6 Å². The van der Waals surface area contributed by atoms with Crippen LogP contribution in [0.1, 0.15) is 181 Å². The Morgan fingerprint density at radius 2 is 0.952 bits per heavy atom. The third-order valence-corrected chi connectivity index (χ3v) is 8.06. The molecule has 1 unspecified atom stereocenters. The third kappa shape index (κ3) is 31.6. The SMILES string of the molecule is CCCCC/C=C/C/C=C/CCCCCCCC(=O)OC(CCl)COC(=O)CCCCCCCCCCCCCCC. The highest BCUT2D eigenvalue weighted by Gasteiger charge is 2.16. The van der Waals surface area contributed by atoms with Crippen LogP contribution < -0.4 is 0 Å². The van der Waals surface area contributed by atoms with Crippen molar-refractivity contribution in [2.24, 2.45) is 0 Å². The number of rotatable bonds is 32. The number of allylic oxidation sites excluding steroid dienone is 4. The van der Waals surface area contributed by atoms with E-state index in [4.69, 9.17) is 21.1 Å². The molecule has 0 aromatic heterocycles. The smallest absolute Gasteiger partial charge is 0.306 e. The van der Waals surface area contributed by atoms with Crippen molar-refractivity contribution in [1.82, 2.24) is 0 Å². The molecule has 42 heavy (non-hydrogen) atoms. The Balaban J connectivity index is 3.59. The Morgan fingerprint density at radius 1 is 0.548 bits per heavy atom. The van der Waals surface area contributed by atoms with Gasteiger partial charge in [0.1, 0.15) is 12.7 Å². The monoisotopic (exact) mass is 610 g/mol. The topological polar surface area (TPSA) is 52.6 Å². The van der Waals surface area contributed by atoms with Gasteiger partial charge in [-0.05, 0) is 44.9 Å². The van der Waals surface area contributed by atoms with Gasteiger partial charge in [0, 0.05) is 12.8 Å². The molecule has 0 aliphatic carbocycles. The molecule has 0 fully saturated rings. The number of alkyl halides is 1. The molecule has 246 valence electrons. The highest BCUT2D eigenvalue weighted by Crippen LogP contribution is 2.14. The van der Waals surface area contributed by atoms with Gasteiger partial charge in [0.2, 0.25) is 0 Å². The molecule has 0 spiro atoms. The second-order valence-electron chi connectivity index (χ2n) is 11.9. The fraction of sp³-hybridized carbons (Fsp3) is 0.838. The van der Waals surface area contributed by atoms with Gasteiger partial charge >= 0.3 is 11.9 Å². The summed E-state index contributed by atoms with van der Waals surface area (Å²) in [5.74, 6) is -0.336. The fourth-order valence-corrected chi connectivity index (χ4v) is 5.13. The average Bonchev–Trinajstić information content (AvgIpc) is 2.99. The van der Waals surface area contributed by atoms with E-state index >= 15 is 0 Å². The number of esters is 2. The van der Waals surface area contributed by atoms with Gasteiger partial charge in [-0.2, -0.15) is 0 Å². The molecule has 1 atom stereocenters. The summed E-state index contributed by atoms with van der Waals surface area (Å²) in [6, 6.07) is 0. The Bertz CT molecular complexity index is 646. The van der Waals surface area contributed by atoms with Crippen molar-refractivity contribution in [3.8, 4) is 0 Å². The van der Waals surface area contributed by atoms with E-state index < -0.39 is 6.10 Å². The Kier molecular flexibility index (Phi) is 33.2. The van der Waals surface area contributed by atoms with E-state index in [1.165, 1.54) is 109 Å². The molecule has 5 heteroatoms. The maximum absolute atomic E-state index is 12.2. The van der Waals surface area contributed by atoms with Crippen molar-refractivity contribution >= 4 is 23.5 Å². The number of carbonyl (C=O) groups is 2. The van der Waals surface area contributed by atoms with Gasteiger partial charge in [-0.25, -0.2) is 0 Å². The Morgan fingerprint density at radius 3 is 1.45 bits per heavy atom. The number of hydrogen-bond acceptors (Lipinski definition) is 4. The van der Waals surface area contributed by atoms with E-state index in [0.717, 1.165) is 44.9 Å². The van der Waals surface area contributed by atoms with Crippen LogP contribution in [0.3, 0.4) is 0 Å². The van der Waals surface area contributed by atoms with Crippen molar-refractivity contribution in [3.63, 3.8) is 0 Å². The van der Waals surface area contributed by atoms with Crippen molar-refractivity contribution in [2.45, 2.75) is 187 Å². The molecule has 0 saturated heterocycles. The molecule has 0 saturated carbocycles. The van der Waals surface area contributed by atoms with E-state index in [1.807, 2.05) is 0 Å². The quantitative estimate of drug-likeness (QED) is 0.0329. The molecular weight excluding hydrogens is 544 g/mol. The first-order valence-electron chi connectivity index (χ1n) is 17.8. The first-order chi connectivity index (χ1) is 20.6. The predicted octanol–water partition coefficient (Wildman–Crippen LogP) is 12.0. The maximum atomic E-state index is 12.2. The van der Waals surface area contributed by atoms with Crippen LogP contribution in [0.15, 0.2) is 24.3 Å². The number of halogens is 1. The van der Waals surface area contributed by atoms with Crippen molar-refractivity contribution in [3.05, 3.63) is 24.3 Å². The minimum atomic E-state index is -0.562. The molecule has 0 aliphatic rings. The first-order valence-corrected chi connectivity index (χ1v) is 18.4. The van der Waals surface area contributed by atoms with E-state index in [1.54, 1.807) is 0 Å². The van der Waals surface area contributed by atoms with Gasteiger partial charge in [0.05, 0.1) is 5.88 Å². The van der Waals surface area contributed by atoms with Crippen LogP contribution in [0.5, 0.6) is 0 Å². The van der Waals surface area contributed by atoms with Crippen LogP contribution in [-0.2, 0) is 19.1 Å². The summed E-state index contributed by atoms with van der Waals surface area (Å²) in [4.78, 5) is 24.2. The second-order valence-corrected chi connectivity index (χ2v) is 12.2. The lowest BCUT2D eigenvalue weighted by atomic mass is 10.0. The summed E-state index contributed by atoms with van der Waals surface area (Å²) < 4.78 is 10.8. The maximum Gasteiger partial charge on any atom is 0.306 e. The highest BCUT2D eigenvalue weighted by atomic mass is 35.5. The molecule has 0 radical (unpaired) electrons. The molecule has 0 aromatic carbocycles. The molecule has 0 rings (SSSR count). The minimum absolute atomic E-state index is 0.0503. The average molecular weight is 611 g/mol. The van der Waals surface area contributed by atoms with E-state index in [0.29, 0.717) is 12.8 Å². The summed E-state index contributed by atoms with van der Waals surface area (Å²) in [6.07, 6.45) is 38.6. The molecule has 0 heterocycles. The third-order valence-electron chi connectivity index (χ3n) is 7.72. The first kappa shape index (κ1) is 40.7. The van der Waals surface area contributed by atoms with Crippen LogP contribution in [0.4, 0.5) is 0 Å². The molecule has 0 N–H and O–H groups in total. The standard InChI is InChI=1S/C37H67ClO4/c1-3-5-7-9-11-13-15-17-18-20-22-24-26-28-30-32-37(40)42-35(33-38)34-41-36(39)31-29-27-25-23-21-19-16-14-12-10-8-6-4-2/h11,13,17-18,35H,3-10,12,14-16,19-34H2,1-2H3/b13-11+,18-17+. The molecular formula is C37H67ClO4. The fourth-order valence-electron chi connectivity index (χ4n) is 4.98. The van der Waals surface area contributed by atoms with E-state index in [9.17, 15) is 9.59 Å². The molecule has 0 aliphatic heterocycles. The zero-order chi connectivity index (χ0) is 30.8. The number of unbranched alkanes of at least 4 members (excludes halogenated alkanes) is 20. The number of carbonyl (C=O) groups excluding carboxylic acids is 2. The molecule has 0 aromatic rings. The lowest BCUT2D eigenvalue weighted by Gasteiger charge is -2.15. The van der Waals surface area contributed by atoms with Crippen molar-refractivity contribution in [1.29, 1.82) is 0 Å². The van der Waals surface area contributed by atoms with Gasteiger partial charge < -0.3 is 9.47 Å². The van der Waals surface area contributed by atoms with Crippen molar-refractivity contribution < 1.29 is 19.1 Å². The summed E-state index contributed by atoms with van der Waals surface area (Å²) in [5, 5.41) is 0. The number of hydrogen-bond donors (Lipinski definition) is 0. The normalized spacial score (nSPS) is 12.4. The molecule has 0 bridgehead atoms. The van der Waals surface area contributed by atoms with E-state index in [-0.39, 0.29) is 24.4 Å². The predicted molar refractivity (Wildman–Crippen MR) is 181 cm³/mol. The van der Waals surface area contributed by atoms with Gasteiger partial charge in [-0.15, -0.1) is 11.6 Å². The van der Waals surface area contributed by atoms with Crippen LogP contribution in [0, 0.1) is 0 Å². The van der Waals surface area contributed by atoms with Crippen LogP contribution in [0.25, 0.3) is 0 Å². The lowest BCUT2D eigenvalue weighted by Crippen LogP contribution is -2.26. The zero-order valence-electron chi connectivity index (χ0n) is 27.7. The van der Waals surface area contributed by atoms with E-state index in [2.05, 4.69) is 38.2 Å².